The van der Waals surface area contributed by atoms with Crippen LogP contribution in [0.3, 0.4) is 0 Å². The molecule has 2 aliphatic rings. The first-order chi connectivity index (χ1) is 8.53. The van der Waals surface area contributed by atoms with Gasteiger partial charge in [-0.05, 0) is 31.6 Å². The van der Waals surface area contributed by atoms with E-state index in [2.05, 4.69) is 10.6 Å². The quantitative estimate of drug-likeness (QED) is 0.694. The van der Waals surface area contributed by atoms with Gasteiger partial charge in [0.1, 0.15) is 5.54 Å². The van der Waals surface area contributed by atoms with Crippen LogP contribution in [-0.2, 0) is 9.53 Å². The summed E-state index contributed by atoms with van der Waals surface area (Å²) in [4.78, 5) is 23.0. The third kappa shape index (κ3) is 2.58. The molecule has 0 aromatic heterocycles. The molecular formula is C12H20N2O4. The topological polar surface area (TPSA) is 87.7 Å². The molecule has 0 aromatic carbocycles. The van der Waals surface area contributed by atoms with Crippen LogP contribution in [0.1, 0.15) is 32.6 Å². The molecule has 0 aromatic rings. The third-order valence-corrected chi connectivity index (χ3v) is 3.93. The largest absolute Gasteiger partial charge is 0.480 e. The van der Waals surface area contributed by atoms with E-state index in [0.717, 1.165) is 12.8 Å². The van der Waals surface area contributed by atoms with Crippen LogP contribution in [0.15, 0.2) is 0 Å². The molecule has 3 N–H and O–H groups in total. The summed E-state index contributed by atoms with van der Waals surface area (Å²) < 4.78 is 5.30. The highest BCUT2D eigenvalue weighted by atomic mass is 16.5. The number of carbonyl (C=O) groups excluding carboxylic acids is 1. The number of carbonyl (C=O) groups is 2. The van der Waals surface area contributed by atoms with E-state index < -0.39 is 11.5 Å². The number of carboxylic acids is 1. The van der Waals surface area contributed by atoms with Crippen molar-refractivity contribution in [1.29, 1.82) is 0 Å². The lowest BCUT2D eigenvalue weighted by Gasteiger charge is -2.39. The van der Waals surface area contributed by atoms with Gasteiger partial charge in [0.05, 0.1) is 6.61 Å². The summed E-state index contributed by atoms with van der Waals surface area (Å²) in [7, 11) is 0. The summed E-state index contributed by atoms with van der Waals surface area (Å²) in [6, 6.07) is -0.319. The van der Waals surface area contributed by atoms with Crippen molar-refractivity contribution >= 4 is 12.0 Å². The van der Waals surface area contributed by atoms with Gasteiger partial charge in [0.25, 0.3) is 0 Å². The molecule has 1 saturated carbocycles. The Hall–Kier alpha value is -1.30. The smallest absolute Gasteiger partial charge is 0.329 e. The van der Waals surface area contributed by atoms with Crippen LogP contribution in [0, 0.1) is 5.92 Å². The number of nitrogens with one attached hydrogen (secondary N) is 2. The monoisotopic (exact) mass is 256 g/mol. The summed E-state index contributed by atoms with van der Waals surface area (Å²) in [5, 5.41) is 14.6. The van der Waals surface area contributed by atoms with Gasteiger partial charge in [0, 0.05) is 12.6 Å². The summed E-state index contributed by atoms with van der Waals surface area (Å²) in [6.07, 6.45) is 2.65. The van der Waals surface area contributed by atoms with Crippen LogP contribution in [0.2, 0.25) is 0 Å². The Labute approximate surface area is 106 Å². The van der Waals surface area contributed by atoms with E-state index in [4.69, 9.17) is 9.84 Å². The number of urea groups is 1. The van der Waals surface area contributed by atoms with Crippen LogP contribution >= 0.6 is 0 Å². The first-order valence-electron chi connectivity index (χ1n) is 6.43. The van der Waals surface area contributed by atoms with Crippen LogP contribution in [0.4, 0.5) is 4.79 Å². The first-order valence-corrected chi connectivity index (χ1v) is 6.43. The van der Waals surface area contributed by atoms with Gasteiger partial charge < -0.3 is 20.5 Å². The Bertz CT molecular complexity index is 341. The third-order valence-electron chi connectivity index (χ3n) is 3.93. The summed E-state index contributed by atoms with van der Waals surface area (Å²) in [5.41, 5.74) is -1.04. The second kappa shape index (κ2) is 5.14. The molecule has 18 heavy (non-hydrogen) atoms. The van der Waals surface area contributed by atoms with Gasteiger partial charge in [-0.3, -0.25) is 0 Å². The van der Waals surface area contributed by atoms with E-state index in [-0.39, 0.29) is 18.0 Å². The second-order valence-electron chi connectivity index (χ2n) is 5.29. The molecule has 1 saturated heterocycles. The first kappa shape index (κ1) is 13.1. The lowest BCUT2D eigenvalue weighted by atomic mass is 9.77. The number of ether oxygens (including phenoxy) is 1. The number of rotatable bonds is 3. The highest BCUT2D eigenvalue weighted by Crippen LogP contribution is 2.32. The van der Waals surface area contributed by atoms with Crippen molar-refractivity contribution in [1.82, 2.24) is 10.6 Å². The molecular weight excluding hydrogens is 236 g/mol. The maximum absolute atomic E-state index is 11.8. The predicted octanol–water partition coefficient (Wildman–Crippen LogP) is 0.718. The van der Waals surface area contributed by atoms with Crippen molar-refractivity contribution < 1.29 is 19.4 Å². The van der Waals surface area contributed by atoms with Crippen molar-refractivity contribution in [2.75, 3.05) is 13.2 Å². The predicted molar refractivity (Wildman–Crippen MR) is 64.3 cm³/mol. The number of hydrogen-bond acceptors (Lipinski definition) is 3. The van der Waals surface area contributed by atoms with Gasteiger partial charge >= 0.3 is 12.0 Å². The average Bonchev–Trinajstić information content (AvgIpc) is 2.26. The van der Waals surface area contributed by atoms with Crippen molar-refractivity contribution in [3.05, 3.63) is 0 Å². The van der Waals surface area contributed by atoms with Gasteiger partial charge in [0.15, 0.2) is 0 Å². The zero-order valence-corrected chi connectivity index (χ0v) is 10.6. The molecule has 2 atom stereocenters. The van der Waals surface area contributed by atoms with Crippen molar-refractivity contribution in [3.63, 3.8) is 0 Å². The number of aliphatic carboxylic acids is 1. The zero-order chi connectivity index (χ0) is 13.2. The fraction of sp³-hybridized carbons (Fsp3) is 0.833. The van der Waals surface area contributed by atoms with E-state index in [1.165, 1.54) is 0 Å². The lowest BCUT2D eigenvalue weighted by molar-refractivity contribution is -0.148. The SMILES string of the molecule is CC1COCCC1NC(=O)NC1(C(=O)O)CCC1. The Kier molecular flexibility index (Phi) is 3.75. The van der Waals surface area contributed by atoms with E-state index in [1.807, 2.05) is 6.92 Å². The molecule has 2 fully saturated rings. The second-order valence-corrected chi connectivity index (χ2v) is 5.29. The molecule has 1 aliphatic heterocycles. The number of carboxylic acid groups (broad SMARTS) is 1. The van der Waals surface area contributed by atoms with Gasteiger partial charge in [0.2, 0.25) is 0 Å². The molecule has 2 unspecified atom stereocenters. The van der Waals surface area contributed by atoms with Crippen molar-refractivity contribution in [2.45, 2.75) is 44.2 Å². The van der Waals surface area contributed by atoms with Crippen LogP contribution in [0.5, 0.6) is 0 Å². The normalized spacial score (nSPS) is 30.1. The standard InChI is InChI=1S/C12H20N2O4/c1-8-7-18-6-3-9(8)13-11(17)14-12(10(15)16)4-2-5-12/h8-9H,2-7H2,1H3,(H,15,16)(H2,13,14,17). The fourth-order valence-electron chi connectivity index (χ4n) is 2.44. The molecule has 0 spiro atoms. The van der Waals surface area contributed by atoms with Crippen LogP contribution < -0.4 is 10.6 Å². The highest BCUT2D eigenvalue weighted by Gasteiger charge is 2.46. The minimum absolute atomic E-state index is 0.0599. The van der Waals surface area contributed by atoms with Gasteiger partial charge in [-0.2, -0.15) is 0 Å². The maximum Gasteiger partial charge on any atom is 0.329 e. The minimum Gasteiger partial charge on any atom is -0.480 e. The van der Waals surface area contributed by atoms with Crippen LogP contribution in [0.25, 0.3) is 0 Å². The summed E-state index contributed by atoms with van der Waals surface area (Å²) in [5.74, 6) is -0.685. The molecule has 1 heterocycles. The molecule has 2 rings (SSSR count). The van der Waals surface area contributed by atoms with E-state index >= 15 is 0 Å². The summed E-state index contributed by atoms with van der Waals surface area (Å²) in [6.45, 7) is 3.29. The van der Waals surface area contributed by atoms with Crippen molar-refractivity contribution in [3.8, 4) is 0 Å². The number of amides is 2. The molecule has 102 valence electrons. The van der Waals surface area contributed by atoms with Crippen molar-refractivity contribution in [2.24, 2.45) is 5.92 Å². The fourth-order valence-corrected chi connectivity index (χ4v) is 2.44. The Morgan fingerprint density at radius 2 is 2.11 bits per heavy atom. The van der Waals surface area contributed by atoms with Gasteiger partial charge in [-0.15, -0.1) is 0 Å². The molecule has 6 heteroatoms. The summed E-state index contributed by atoms with van der Waals surface area (Å²) >= 11 is 0. The van der Waals surface area contributed by atoms with E-state index in [1.54, 1.807) is 0 Å². The average molecular weight is 256 g/mol. The minimum atomic E-state index is -1.04. The number of hydrogen-bond donors (Lipinski definition) is 3. The Morgan fingerprint density at radius 1 is 1.39 bits per heavy atom. The zero-order valence-electron chi connectivity index (χ0n) is 10.6. The van der Waals surface area contributed by atoms with Crippen LogP contribution in [-0.4, -0.2) is 41.9 Å². The van der Waals surface area contributed by atoms with Gasteiger partial charge in [-0.1, -0.05) is 6.92 Å². The molecule has 0 radical (unpaired) electrons. The maximum atomic E-state index is 11.8. The Balaban J connectivity index is 1.86. The van der Waals surface area contributed by atoms with E-state index in [0.29, 0.717) is 26.1 Å². The van der Waals surface area contributed by atoms with E-state index in [9.17, 15) is 9.59 Å². The molecule has 0 bridgehead atoms. The molecule has 1 aliphatic carbocycles. The highest BCUT2D eigenvalue weighted by molar-refractivity contribution is 5.87. The Morgan fingerprint density at radius 3 is 2.61 bits per heavy atom. The molecule has 2 amide bonds. The lowest BCUT2D eigenvalue weighted by Crippen LogP contribution is -2.62. The molecule has 6 nitrogen and oxygen atoms in total. The van der Waals surface area contributed by atoms with Gasteiger partial charge in [-0.25, -0.2) is 9.59 Å².